The predicted molar refractivity (Wildman–Crippen MR) is 73.0 cm³/mol. The highest BCUT2D eigenvalue weighted by Gasteiger charge is 2.24. The largest absolute Gasteiger partial charge is 0.486 e. The third-order valence-corrected chi connectivity index (χ3v) is 3.83. The average molecular weight is 284 g/mol. The zero-order valence-electron chi connectivity index (χ0n) is 10.7. The van der Waals surface area contributed by atoms with Crippen molar-refractivity contribution >= 4 is 11.6 Å². The monoisotopic (exact) mass is 283 g/mol. The Morgan fingerprint density at radius 2 is 2.11 bits per heavy atom. The Bertz CT molecular complexity index is 462. The molecule has 0 spiro atoms. The third-order valence-electron chi connectivity index (χ3n) is 3.55. The Labute approximate surface area is 117 Å². The van der Waals surface area contributed by atoms with Crippen molar-refractivity contribution in [2.45, 2.75) is 18.9 Å². The lowest BCUT2D eigenvalue weighted by atomic mass is 10.1. The van der Waals surface area contributed by atoms with Crippen LogP contribution in [0.1, 0.15) is 24.4 Å². The van der Waals surface area contributed by atoms with Crippen LogP contribution in [0.4, 0.5) is 0 Å². The highest BCUT2D eigenvalue weighted by atomic mass is 35.5. The van der Waals surface area contributed by atoms with Crippen LogP contribution in [0.3, 0.4) is 0 Å². The highest BCUT2D eigenvalue weighted by molar-refractivity contribution is 6.32. The van der Waals surface area contributed by atoms with Crippen molar-refractivity contribution in [3.63, 3.8) is 0 Å². The van der Waals surface area contributed by atoms with Crippen LogP contribution in [-0.2, 0) is 0 Å². The maximum Gasteiger partial charge on any atom is 0.179 e. The normalized spacial score (nSPS) is 19.3. The van der Waals surface area contributed by atoms with E-state index in [0.717, 1.165) is 18.0 Å². The number of nitrogens with one attached hydrogen (secondary N) is 1. The molecule has 1 unspecified atom stereocenters. The Balaban J connectivity index is 1.79. The number of halogens is 1. The van der Waals surface area contributed by atoms with E-state index in [1.807, 2.05) is 12.1 Å². The summed E-state index contributed by atoms with van der Waals surface area (Å²) in [5, 5.41) is 13.4. The van der Waals surface area contributed by atoms with Gasteiger partial charge >= 0.3 is 0 Å². The van der Waals surface area contributed by atoms with Crippen molar-refractivity contribution in [2.75, 3.05) is 26.4 Å². The second-order valence-corrected chi connectivity index (χ2v) is 5.52. The molecule has 4 nitrogen and oxygen atoms in total. The maximum atomic E-state index is 9.53. The molecule has 0 bridgehead atoms. The fraction of sp³-hybridized carbons (Fsp3) is 0.571. The Hall–Kier alpha value is -0.970. The van der Waals surface area contributed by atoms with Gasteiger partial charge in [-0.2, -0.15) is 0 Å². The summed E-state index contributed by atoms with van der Waals surface area (Å²) < 4.78 is 11.0. The fourth-order valence-electron chi connectivity index (χ4n) is 2.25. The molecule has 1 aromatic rings. The van der Waals surface area contributed by atoms with E-state index in [2.05, 4.69) is 5.32 Å². The van der Waals surface area contributed by atoms with Gasteiger partial charge in [0.25, 0.3) is 0 Å². The topological polar surface area (TPSA) is 50.7 Å². The summed E-state index contributed by atoms with van der Waals surface area (Å²) >= 11 is 6.21. The fourth-order valence-corrected chi connectivity index (χ4v) is 2.52. The summed E-state index contributed by atoms with van der Waals surface area (Å²) in [7, 11) is 0. The number of fused-ring (bicyclic) bond motifs is 1. The van der Waals surface area contributed by atoms with E-state index in [1.54, 1.807) is 0 Å². The molecular weight excluding hydrogens is 266 g/mol. The molecule has 104 valence electrons. The van der Waals surface area contributed by atoms with E-state index in [4.69, 9.17) is 21.1 Å². The van der Waals surface area contributed by atoms with Crippen LogP contribution in [0.15, 0.2) is 12.1 Å². The molecule has 1 aromatic carbocycles. The van der Waals surface area contributed by atoms with Gasteiger partial charge in [-0.3, -0.25) is 0 Å². The quantitative estimate of drug-likeness (QED) is 0.869. The lowest BCUT2D eigenvalue weighted by molar-refractivity contribution is 0.171. The van der Waals surface area contributed by atoms with Gasteiger partial charge in [0.1, 0.15) is 13.2 Å². The number of aliphatic hydroxyl groups is 1. The first-order valence-corrected chi connectivity index (χ1v) is 7.09. The van der Waals surface area contributed by atoms with E-state index >= 15 is 0 Å². The van der Waals surface area contributed by atoms with Crippen molar-refractivity contribution in [2.24, 2.45) is 5.92 Å². The molecule has 2 N–H and O–H groups in total. The summed E-state index contributed by atoms with van der Waals surface area (Å²) in [5.41, 5.74) is 0.942. The molecule has 1 fully saturated rings. The van der Waals surface area contributed by atoms with Gasteiger partial charge in [-0.05, 0) is 43.0 Å². The van der Waals surface area contributed by atoms with Crippen LogP contribution in [0, 0.1) is 5.92 Å². The number of aliphatic hydroxyl groups excluding tert-OH is 1. The molecule has 1 aliphatic heterocycles. The van der Waals surface area contributed by atoms with Crippen molar-refractivity contribution in [3.8, 4) is 11.5 Å². The molecule has 1 atom stereocenters. The molecule has 19 heavy (non-hydrogen) atoms. The average Bonchev–Trinajstić information content (AvgIpc) is 3.24. The number of rotatable bonds is 5. The van der Waals surface area contributed by atoms with E-state index < -0.39 is 0 Å². The Morgan fingerprint density at radius 3 is 2.84 bits per heavy atom. The molecule has 0 radical (unpaired) electrons. The van der Waals surface area contributed by atoms with Crippen molar-refractivity contribution in [3.05, 3.63) is 22.7 Å². The van der Waals surface area contributed by atoms with Crippen LogP contribution in [0.25, 0.3) is 0 Å². The summed E-state index contributed by atoms with van der Waals surface area (Å²) in [6.07, 6.45) is 2.57. The molecular formula is C14H18ClNO3. The SMILES string of the molecule is OCC(NCC1CC1)c1cc(Cl)c2c(c1)OCCO2. The predicted octanol–water partition coefficient (Wildman–Crippen LogP) is 2.14. The Kier molecular flexibility index (Phi) is 3.82. The maximum absolute atomic E-state index is 9.53. The van der Waals surface area contributed by atoms with Crippen LogP contribution in [0.5, 0.6) is 11.5 Å². The summed E-state index contributed by atoms with van der Waals surface area (Å²) in [6.45, 7) is 2.04. The first kappa shape index (κ1) is 13.0. The Morgan fingerprint density at radius 1 is 1.32 bits per heavy atom. The molecule has 0 aromatic heterocycles. The highest BCUT2D eigenvalue weighted by Crippen LogP contribution is 2.39. The third kappa shape index (κ3) is 2.96. The minimum atomic E-state index is -0.103. The molecule has 3 rings (SSSR count). The zero-order chi connectivity index (χ0) is 13.2. The van der Waals surface area contributed by atoms with Gasteiger partial charge in [0.2, 0.25) is 0 Å². The lowest BCUT2D eigenvalue weighted by Gasteiger charge is -2.23. The second-order valence-electron chi connectivity index (χ2n) is 5.11. The van der Waals surface area contributed by atoms with Gasteiger partial charge in [-0.25, -0.2) is 0 Å². The number of benzene rings is 1. The molecule has 0 amide bonds. The first-order valence-electron chi connectivity index (χ1n) is 6.71. The minimum absolute atomic E-state index is 0.0443. The van der Waals surface area contributed by atoms with Gasteiger partial charge in [-0.1, -0.05) is 11.6 Å². The first-order chi connectivity index (χ1) is 9.28. The van der Waals surface area contributed by atoms with E-state index in [0.29, 0.717) is 29.7 Å². The van der Waals surface area contributed by atoms with Crippen LogP contribution >= 0.6 is 11.6 Å². The lowest BCUT2D eigenvalue weighted by Crippen LogP contribution is -2.26. The molecule has 1 aliphatic carbocycles. The van der Waals surface area contributed by atoms with Crippen molar-refractivity contribution in [1.29, 1.82) is 0 Å². The molecule has 1 heterocycles. The number of hydrogen-bond acceptors (Lipinski definition) is 4. The van der Waals surface area contributed by atoms with Crippen LogP contribution in [-0.4, -0.2) is 31.5 Å². The summed E-state index contributed by atoms with van der Waals surface area (Å²) in [5.74, 6) is 2.04. The van der Waals surface area contributed by atoms with Crippen LogP contribution < -0.4 is 14.8 Å². The summed E-state index contributed by atoms with van der Waals surface area (Å²) in [6, 6.07) is 3.64. The van der Waals surface area contributed by atoms with Crippen molar-refractivity contribution in [1.82, 2.24) is 5.32 Å². The van der Waals surface area contributed by atoms with Gasteiger partial charge < -0.3 is 19.9 Å². The van der Waals surface area contributed by atoms with E-state index in [9.17, 15) is 5.11 Å². The van der Waals surface area contributed by atoms with E-state index in [-0.39, 0.29) is 12.6 Å². The van der Waals surface area contributed by atoms with Gasteiger partial charge in [-0.15, -0.1) is 0 Å². The standard InChI is InChI=1S/C14H18ClNO3/c15-11-5-10(6-13-14(11)19-4-3-18-13)12(8-17)16-7-9-1-2-9/h5-6,9,12,16-17H,1-4,7-8H2. The minimum Gasteiger partial charge on any atom is -0.486 e. The van der Waals surface area contributed by atoms with E-state index in [1.165, 1.54) is 12.8 Å². The smallest absolute Gasteiger partial charge is 0.179 e. The van der Waals surface area contributed by atoms with Gasteiger partial charge in [0.15, 0.2) is 11.5 Å². The van der Waals surface area contributed by atoms with Crippen LogP contribution in [0.2, 0.25) is 5.02 Å². The van der Waals surface area contributed by atoms with Gasteiger partial charge in [0, 0.05) is 0 Å². The summed E-state index contributed by atoms with van der Waals surface area (Å²) in [4.78, 5) is 0. The number of ether oxygens (including phenoxy) is 2. The van der Waals surface area contributed by atoms with Gasteiger partial charge in [0.05, 0.1) is 17.7 Å². The second kappa shape index (κ2) is 5.57. The van der Waals surface area contributed by atoms with Crippen molar-refractivity contribution < 1.29 is 14.6 Å². The molecule has 5 heteroatoms. The zero-order valence-corrected chi connectivity index (χ0v) is 11.4. The molecule has 2 aliphatic rings. The molecule has 1 saturated carbocycles. The number of hydrogen-bond donors (Lipinski definition) is 2. The molecule has 0 saturated heterocycles.